The van der Waals surface area contributed by atoms with Crippen LogP contribution in [0.1, 0.15) is 25.7 Å². The maximum atomic E-state index is 13.1. The van der Waals surface area contributed by atoms with Crippen molar-refractivity contribution >= 4 is 91.4 Å². The van der Waals surface area contributed by atoms with Crippen LogP contribution in [0, 0.1) is 5.41 Å². The molecule has 0 bridgehead atoms. The second-order valence-corrected chi connectivity index (χ2v) is 19.5. The summed E-state index contributed by atoms with van der Waals surface area (Å²) < 4.78 is 22.1. The number of aliphatic hydroxyl groups is 8. The normalized spacial score (nSPS) is 11.7. The first-order chi connectivity index (χ1) is 33.1. The first-order valence-corrected chi connectivity index (χ1v) is 26.1. The zero-order chi connectivity index (χ0) is 51.7. The molecule has 0 aromatic carbocycles. The van der Waals surface area contributed by atoms with Gasteiger partial charge < -0.3 is 59.8 Å². The first kappa shape index (κ1) is 66.5. The molecule has 0 aliphatic heterocycles. The highest BCUT2D eigenvalue weighted by molar-refractivity contribution is 8.14. The van der Waals surface area contributed by atoms with Gasteiger partial charge >= 0.3 is 23.9 Å². The van der Waals surface area contributed by atoms with Crippen LogP contribution in [0.15, 0.2) is 0 Å². The fourth-order valence-corrected chi connectivity index (χ4v) is 8.67. The third-order valence-electron chi connectivity index (χ3n) is 9.17. The summed E-state index contributed by atoms with van der Waals surface area (Å²) in [6, 6.07) is 0. The molecular weight excluding hydrogens is 997 g/mol. The van der Waals surface area contributed by atoms with Crippen molar-refractivity contribution in [1.82, 2.24) is 19.6 Å². The summed E-state index contributed by atoms with van der Waals surface area (Å²) in [4.78, 5) is 108. The van der Waals surface area contributed by atoms with Gasteiger partial charge in [-0.3, -0.25) is 58.0 Å². The number of ether oxygens (including phenoxy) is 4. The minimum atomic E-state index is -1.75. The van der Waals surface area contributed by atoms with Gasteiger partial charge in [-0.25, -0.2) is 0 Å². The Morgan fingerprint density at radius 2 is 0.493 bits per heavy atom. The van der Waals surface area contributed by atoms with Crippen LogP contribution in [0.4, 0.5) is 0 Å². The third kappa shape index (κ3) is 36.1. The Balaban J connectivity index is 6.19. The minimum absolute atomic E-state index is 0.0356. The van der Waals surface area contributed by atoms with E-state index < -0.39 is 55.7 Å². The lowest BCUT2D eigenvalue weighted by atomic mass is 9.92. The van der Waals surface area contributed by atoms with Crippen molar-refractivity contribution in [3.8, 4) is 0 Å². The number of carbonyl (C=O) groups is 8. The van der Waals surface area contributed by atoms with Gasteiger partial charge in [0.1, 0.15) is 31.8 Å². The second-order valence-electron chi connectivity index (χ2n) is 14.9. The molecule has 0 saturated carbocycles. The molecule has 0 rings (SSSR count). The van der Waals surface area contributed by atoms with Crippen LogP contribution in [0.5, 0.6) is 0 Å². The molecule has 24 nitrogen and oxygen atoms in total. The Morgan fingerprint density at radius 3 is 0.652 bits per heavy atom. The van der Waals surface area contributed by atoms with Gasteiger partial charge in [-0.15, -0.1) is 0 Å². The summed E-state index contributed by atoms with van der Waals surface area (Å²) in [5, 5.41) is 72.4. The van der Waals surface area contributed by atoms with Crippen LogP contribution in [0.2, 0.25) is 0 Å². The van der Waals surface area contributed by atoms with Crippen LogP contribution in [0.25, 0.3) is 0 Å². The molecule has 0 amide bonds. The minimum Gasteiger partial charge on any atom is -0.465 e. The monoisotopic (exact) mass is 1070 g/mol. The summed E-state index contributed by atoms with van der Waals surface area (Å²) in [5.74, 6) is -3.49. The lowest BCUT2D eigenvalue weighted by Gasteiger charge is -2.31. The lowest BCUT2D eigenvalue weighted by molar-refractivity contribution is -0.170. The maximum absolute atomic E-state index is 13.1. The molecule has 8 N–H and O–H groups in total. The average Bonchev–Trinajstić information content (AvgIpc) is 3.29. The predicted molar refractivity (Wildman–Crippen MR) is 257 cm³/mol. The first-order valence-electron chi connectivity index (χ1n) is 22.1. The molecule has 0 radical (unpaired) electrons. The van der Waals surface area contributed by atoms with E-state index in [9.17, 15) is 79.2 Å². The van der Waals surface area contributed by atoms with Gasteiger partial charge in [0, 0.05) is 75.4 Å². The van der Waals surface area contributed by atoms with Gasteiger partial charge in [0.05, 0.1) is 105 Å². The number of carbonyl (C=O) groups excluding carboxylic acids is 8. The highest BCUT2D eigenvalue weighted by atomic mass is 32.2. The Hall–Kier alpha value is -2.52. The molecule has 0 aliphatic rings. The summed E-state index contributed by atoms with van der Waals surface area (Å²) in [5.41, 5.74) is -1.75. The highest BCUT2D eigenvalue weighted by Gasteiger charge is 2.38. The van der Waals surface area contributed by atoms with Crippen molar-refractivity contribution in [3.63, 3.8) is 0 Å². The molecule has 400 valence electrons. The Kier molecular flexibility index (Phi) is 41.5. The Labute approximate surface area is 419 Å². The average molecular weight is 1070 g/mol. The SMILES string of the molecule is O=C(CCSC(=O)CN(CCO)CCO)OCC(COC(=O)CCSC(=O)CN(CCO)CCO)(COC(=O)CCSC(=O)CN(CCO)CCO)COC(=O)CCSC(=O)CN(CCO)CCO. The molecule has 0 saturated heterocycles. The zero-order valence-electron chi connectivity index (χ0n) is 39.0. The smallest absolute Gasteiger partial charge is 0.306 e. The van der Waals surface area contributed by atoms with E-state index in [0.717, 1.165) is 47.0 Å². The van der Waals surface area contributed by atoms with E-state index in [0.29, 0.717) is 0 Å². The van der Waals surface area contributed by atoms with E-state index >= 15 is 0 Å². The van der Waals surface area contributed by atoms with Crippen molar-refractivity contribution in [2.24, 2.45) is 5.41 Å². The highest BCUT2D eigenvalue weighted by Crippen LogP contribution is 2.24. The van der Waals surface area contributed by atoms with Gasteiger partial charge in [-0.2, -0.15) is 0 Å². The van der Waals surface area contributed by atoms with Gasteiger partial charge in [0.15, 0.2) is 0 Å². The molecule has 0 heterocycles. The van der Waals surface area contributed by atoms with Crippen LogP contribution in [0.3, 0.4) is 0 Å². The van der Waals surface area contributed by atoms with Crippen LogP contribution < -0.4 is 0 Å². The quantitative estimate of drug-likeness (QED) is 0.0212. The molecule has 69 heavy (non-hydrogen) atoms. The van der Waals surface area contributed by atoms with E-state index in [1.165, 1.54) is 19.6 Å². The molecular formula is C41H72N4O20S4. The Bertz CT molecular complexity index is 1250. The van der Waals surface area contributed by atoms with E-state index in [1.54, 1.807) is 0 Å². The van der Waals surface area contributed by atoms with Crippen molar-refractivity contribution in [2.45, 2.75) is 25.7 Å². The third-order valence-corrected chi connectivity index (χ3v) is 12.6. The second kappa shape index (κ2) is 43.1. The van der Waals surface area contributed by atoms with Crippen molar-refractivity contribution in [2.75, 3.05) is 181 Å². The van der Waals surface area contributed by atoms with Crippen LogP contribution in [-0.2, 0) is 57.3 Å². The fraction of sp³-hybridized carbons (Fsp3) is 0.805. The van der Waals surface area contributed by atoms with E-state index in [-0.39, 0.29) is 201 Å². The van der Waals surface area contributed by atoms with E-state index in [1.807, 2.05) is 0 Å². The molecule has 0 aliphatic carbocycles. The number of nitrogens with zero attached hydrogens (tertiary/aromatic N) is 4. The summed E-state index contributed by atoms with van der Waals surface area (Å²) in [6.07, 6.45) is -1.21. The fourth-order valence-electron chi connectivity index (χ4n) is 5.59. The zero-order valence-corrected chi connectivity index (χ0v) is 42.3. The van der Waals surface area contributed by atoms with Gasteiger partial charge in [-0.05, 0) is 0 Å². The van der Waals surface area contributed by atoms with Gasteiger partial charge in [0.25, 0.3) is 0 Å². The molecule has 0 atom stereocenters. The van der Waals surface area contributed by atoms with E-state index in [2.05, 4.69) is 0 Å². The molecule has 0 aromatic rings. The molecule has 28 heteroatoms. The van der Waals surface area contributed by atoms with Gasteiger partial charge in [0.2, 0.25) is 20.5 Å². The Morgan fingerprint density at radius 1 is 0.319 bits per heavy atom. The number of thioether (sulfide) groups is 4. The van der Waals surface area contributed by atoms with Crippen molar-refractivity contribution < 1.29 is 98.2 Å². The van der Waals surface area contributed by atoms with Crippen molar-refractivity contribution in [3.05, 3.63) is 0 Å². The standard InChI is InChI=1S/C41H72N4O20S4/c46-13-5-42(6-14-47)25-37(58)66-21-1-33(54)62-29-41(30-63-34(55)2-22-67-38(59)26-43(7-15-48)8-16-49,31-64-35(56)3-23-68-39(60)27-44(9-17-50)10-18-51)32-65-36(57)4-24-69-40(61)28-45(11-19-52)12-20-53/h46-53H,1-32H2. The predicted octanol–water partition coefficient (Wildman–Crippen LogP) is -4.11. The summed E-state index contributed by atoms with van der Waals surface area (Å²) >= 11 is 3.23. The number of hydrogen-bond donors (Lipinski definition) is 8. The number of aliphatic hydroxyl groups excluding tert-OH is 8. The van der Waals surface area contributed by atoms with E-state index in [4.69, 9.17) is 18.9 Å². The number of rotatable bonds is 44. The topological polar surface area (TPSA) is 348 Å². The lowest BCUT2D eigenvalue weighted by Crippen LogP contribution is -2.44. The molecule has 0 fully saturated rings. The molecule has 0 aromatic heterocycles. The summed E-state index contributed by atoms with van der Waals surface area (Å²) in [6.45, 7) is -3.88. The molecule has 0 spiro atoms. The number of hydrogen-bond acceptors (Lipinski definition) is 28. The number of esters is 4. The van der Waals surface area contributed by atoms with Crippen molar-refractivity contribution in [1.29, 1.82) is 0 Å². The van der Waals surface area contributed by atoms with Crippen LogP contribution in [-0.4, -0.2) is 286 Å². The van der Waals surface area contributed by atoms with Gasteiger partial charge in [-0.1, -0.05) is 47.0 Å². The largest absolute Gasteiger partial charge is 0.465 e. The summed E-state index contributed by atoms with van der Waals surface area (Å²) in [7, 11) is 0. The van der Waals surface area contributed by atoms with Crippen LogP contribution >= 0.6 is 47.0 Å². The maximum Gasteiger partial charge on any atom is 0.306 e. The molecule has 0 unspecified atom stereocenters.